The van der Waals surface area contributed by atoms with E-state index in [0.29, 0.717) is 9.26 Å². The second kappa shape index (κ2) is 4.39. The molecule has 0 aliphatic carbocycles. The van der Waals surface area contributed by atoms with Crippen LogP contribution in [0.3, 0.4) is 0 Å². The topological polar surface area (TPSA) is 74.2 Å². The third-order valence-corrected chi connectivity index (χ3v) is 2.41. The predicted molar refractivity (Wildman–Crippen MR) is 55.9 cm³/mol. The maximum Gasteiger partial charge on any atom is 0.574 e. The highest BCUT2D eigenvalue weighted by atomic mass is 127. The SMILES string of the molecule is NCc1cc(N)c(OC(F)(F)F)nc1I. The quantitative estimate of drug-likeness (QED) is 0.637. The van der Waals surface area contributed by atoms with Crippen molar-refractivity contribution in [1.29, 1.82) is 0 Å². The first kappa shape index (κ1) is 12.3. The van der Waals surface area contributed by atoms with E-state index in [9.17, 15) is 13.2 Å². The number of nitrogen functional groups attached to an aromatic ring is 1. The van der Waals surface area contributed by atoms with E-state index >= 15 is 0 Å². The minimum atomic E-state index is -4.80. The zero-order chi connectivity index (χ0) is 11.6. The predicted octanol–water partition coefficient (Wildman–Crippen LogP) is 1.63. The molecule has 8 heteroatoms. The lowest BCUT2D eigenvalue weighted by atomic mass is 10.2. The second-order valence-corrected chi connectivity index (χ2v) is 3.61. The van der Waals surface area contributed by atoms with Crippen LogP contribution in [0.5, 0.6) is 5.88 Å². The van der Waals surface area contributed by atoms with Gasteiger partial charge in [0, 0.05) is 6.54 Å². The van der Waals surface area contributed by atoms with Crippen LogP contribution < -0.4 is 16.2 Å². The average molecular weight is 333 g/mol. The van der Waals surface area contributed by atoms with E-state index in [1.807, 2.05) is 0 Å². The van der Waals surface area contributed by atoms with Crippen molar-refractivity contribution in [3.8, 4) is 5.88 Å². The summed E-state index contributed by atoms with van der Waals surface area (Å²) in [4.78, 5) is 3.57. The summed E-state index contributed by atoms with van der Waals surface area (Å²) in [6, 6.07) is 1.32. The number of anilines is 1. The van der Waals surface area contributed by atoms with Crippen molar-refractivity contribution in [2.24, 2.45) is 5.73 Å². The largest absolute Gasteiger partial charge is 0.574 e. The molecule has 4 nitrogen and oxygen atoms in total. The lowest BCUT2D eigenvalue weighted by Gasteiger charge is -2.11. The van der Waals surface area contributed by atoms with Crippen molar-refractivity contribution in [3.05, 3.63) is 15.3 Å². The van der Waals surface area contributed by atoms with Crippen LogP contribution in [0.4, 0.5) is 18.9 Å². The molecule has 0 atom stereocenters. The van der Waals surface area contributed by atoms with Gasteiger partial charge in [0.1, 0.15) is 3.70 Å². The zero-order valence-electron chi connectivity index (χ0n) is 7.31. The van der Waals surface area contributed by atoms with Gasteiger partial charge in [-0.2, -0.15) is 0 Å². The van der Waals surface area contributed by atoms with Crippen molar-refractivity contribution in [3.63, 3.8) is 0 Å². The van der Waals surface area contributed by atoms with Gasteiger partial charge >= 0.3 is 6.36 Å². The molecule has 1 heterocycles. The molecule has 0 bridgehead atoms. The Morgan fingerprint density at radius 3 is 2.53 bits per heavy atom. The maximum absolute atomic E-state index is 11.9. The molecule has 0 aliphatic heterocycles. The molecule has 15 heavy (non-hydrogen) atoms. The minimum Gasteiger partial charge on any atom is -0.394 e. The van der Waals surface area contributed by atoms with E-state index in [0.717, 1.165) is 0 Å². The number of nitrogens with zero attached hydrogens (tertiary/aromatic N) is 1. The van der Waals surface area contributed by atoms with Crippen molar-refractivity contribution in [2.45, 2.75) is 12.9 Å². The smallest absolute Gasteiger partial charge is 0.394 e. The third kappa shape index (κ3) is 3.38. The van der Waals surface area contributed by atoms with E-state index in [1.165, 1.54) is 6.07 Å². The molecule has 0 radical (unpaired) electrons. The molecule has 1 rings (SSSR count). The van der Waals surface area contributed by atoms with Gasteiger partial charge in [-0.15, -0.1) is 13.2 Å². The summed E-state index contributed by atoms with van der Waals surface area (Å²) < 4.78 is 39.6. The summed E-state index contributed by atoms with van der Waals surface area (Å²) in [5.41, 5.74) is 11.0. The molecular weight excluding hydrogens is 326 g/mol. The van der Waals surface area contributed by atoms with Gasteiger partial charge in [-0.3, -0.25) is 0 Å². The number of pyridine rings is 1. The number of hydrogen-bond acceptors (Lipinski definition) is 4. The average Bonchev–Trinajstić information content (AvgIpc) is 2.08. The van der Waals surface area contributed by atoms with E-state index in [4.69, 9.17) is 11.5 Å². The molecular formula is C7H7F3IN3O. The number of aromatic nitrogens is 1. The van der Waals surface area contributed by atoms with Crippen LogP contribution in [0.2, 0.25) is 0 Å². The van der Waals surface area contributed by atoms with Crippen LogP contribution in [-0.2, 0) is 6.54 Å². The fourth-order valence-electron chi connectivity index (χ4n) is 0.869. The van der Waals surface area contributed by atoms with Gasteiger partial charge in [0.15, 0.2) is 0 Å². The first-order valence-corrected chi connectivity index (χ1v) is 4.82. The van der Waals surface area contributed by atoms with Crippen molar-refractivity contribution in [2.75, 3.05) is 5.73 Å². The summed E-state index contributed by atoms with van der Waals surface area (Å²) in [5, 5.41) is 0. The molecule has 0 saturated carbocycles. The van der Waals surface area contributed by atoms with E-state index in [-0.39, 0.29) is 12.2 Å². The maximum atomic E-state index is 11.9. The van der Waals surface area contributed by atoms with Gasteiger partial charge < -0.3 is 16.2 Å². The Morgan fingerprint density at radius 1 is 1.47 bits per heavy atom. The van der Waals surface area contributed by atoms with E-state index in [2.05, 4.69) is 9.72 Å². The highest BCUT2D eigenvalue weighted by molar-refractivity contribution is 14.1. The third-order valence-electron chi connectivity index (χ3n) is 1.47. The molecule has 0 aromatic carbocycles. The van der Waals surface area contributed by atoms with E-state index < -0.39 is 12.2 Å². The summed E-state index contributed by atoms with van der Waals surface area (Å²) in [6.45, 7) is 0.155. The first-order chi connectivity index (χ1) is 6.83. The Labute approximate surface area is 96.9 Å². The normalized spacial score (nSPS) is 11.5. The van der Waals surface area contributed by atoms with Gasteiger partial charge in [-0.05, 0) is 34.2 Å². The van der Waals surface area contributed by atoms with Crippen molar-refractivity contribution < 1.29 is 17.9 Å². The zero-order valence-corrected chi connectivity index (χ0v) is 9.46. The van der Waals surface area contributed by atoms with Crippen molar-refractivity contribution in [1.82, 2.24) is 4.98 Å². The minimum absolute atomic E-state index is 0.155. The Kier molecular flexibility index (Phi) is 3.60. The standard InChI is InChI=1S/C7H7F3IN3O/c8-7(9,10)15-6-4(13)1-3(2-12)5(11)14-6/h1H,2,12-13H2. The van der Waals surface area contributed by atoms with Gasteiger partial charge in [0.2, 0.25) is 5.88 Å². The molecule has 4 N–H and O–H groups in total. The molecule has 0 fully saturated rings. The summed E-state index contributed by atoms with van der Waals surface area (Å²) in [6.07, 6.45) is -4.80. The second-order valence-electron chi connectivity index (χ2n) is 2.58. The Morgan fingerprint density at radius 2 is 2.07 bits per heavy atom. The van der Waals surface area contributed by atoms with Gasteiger partial charge in [0.05, 0.1) is 5.69 Å². The fourth-order valence-corrected chi connectivity index (χ4v) is 1.46. The number of alkyl halides is 3. The van der Waals surface area contributed by atoms with Gasteiger partial charge in [-0.25, -0.2) is 4.98 Å². The number of nitrogens with two attached hydrogens (primary N) is 2. The summed E-state index contributed by atoms with van der Waals surface area (Å²) >= 11 is 1.76. The highest BCUT2D eigenvalue weighted by Gasteiger charge is 2.33. The molecule has 0 amide bonds. The molecule has 1 aromatic heterocycles. The molecule has 0 aliphatic rings. The van der Waals surface area contributed by atoms with Crippen LogP contribution in [0.15, 0.2) is 6.07 Å². The van der Waals surface area contributed by atoms with Crippen LogP contribution in [0.25, 0.3) is 0 Å². The Hall–Kier alpha value is -0.770. The van der Waals surface area contributed by atoms with Crippen LogP contribution >= 0.6 is 22.6 Å². The van der Waals surface area contributed by atoms with Gasteiger partial charge in [0.25, 0.3) is 0 Å². The van der Waals surface area contributed by atoms with Gasteiger partial charge in [-0.1, -0.05) is 0 Å². The number of rotatable bonds is 2. The lowest BCUT2D eigenvalue weighted by Crippen LogP contribution is -2.19. The number of hydrogen-bond donors (Lipinski definition) is 2. The van der Waals surface area contributed by atoms with Crippen LogP contribution in [0, 0.1) is 3.70 Å². The Balaban J connectivity index is 3.05. The lowest BCUT2D eigenvalue weighted by molar-refractivity contribution is -0.275. The van der Waals surface area contributed by atoms with E-state index in [1.54, 1.807) is 22.6 Å². The Bertz CT molecular complexity index is 369. The highest BCUT2D eigenvalue weighted by Crippen LogP contribution is 2.28. The first-order valence-electron chi connectivity index (χ1n) is 3.74. The summed E-state index contributed by atoms with van der Waals surface area (Å²) in [5.74, 6) is -0.649. The molecule has 0 saturated heterocycles. The number of ether oxygens (including phenoxy) is 1. The monoisotopic (exact) mass is 333 g/mol. The van der Waals surface area contributed by atoms with Crippen LogP contribution in [0.1, 0.15) is 5.56 Å². The van der Waals surface area contributed by atoms with Crippen LogP contribution in [-0.4, -0.2) is 11.3 Å². The number of halogens is 4. The fraction of sp³-hybridized carbons (Fsp3) is 0.286. The molecule has 0 unspecified atom stereocenters. The summed E-state index contributed by atoms with van der Waals surface area (Å²) in [7, 11) is 0. The molecule has 1 aromatic rings. The molecule has 84 valence electrons. The molecule has 0 spiro atoms. The van der Waals surface area contributed by atoms with Crippen molar-refractivity contribution >= 4 is 28.3 Å².